The summed E-state index contributed by atoms with van der Waals surface area (Å²) in [6.45, 7) is 0.643. The Hall–Kier alpha value is -2.21. The summed E-state index contributed by atoms with van der Waals surface area (Å²) in [5.74, 6) is -0.625. The van der Waals surface area contributed by atoms with E-state index in [0.717, 1.165) is 18.4 Å². The predicted octanol–water partition coefficient (Wildman–Crippen LogP) is 2.98. The van der Waals surface area contributed by atoms with Crippen molar-refractivity contribution in [1.82, 2.24) is 10.2 Å². The molecule has 6 heteroatoms. The van der Waals surface area contributed by atoms with Gasteiger partial charge in [0.2, 0.25) is 5.91 Å². The number of benzene rings is 1. The van der Waals surface area contributed by atoms with Gasteiger partial charge in [-0.15, -0.1) is 11.3 Å². The fourth-order valence-electron chi connectivity index (χ4n) is 2.85. The van der Waals surface area contributed by atoms with Crippen molar-refractivity contribution in [2.45, 2.75) is 18.9 Å². The normalized spacial score (nSPS) is 17.3. The number of rotatable bonds is 4. The summed E-state index contributed by atoms with van der Waals surface area (Å²) in [6, 6.07) is 9.74. The third-order valence-electron chi connectivity index (χ3n) is 3.97. The van der Waals surface area contributed by atoms with Crippen LogP contribution in [-0.2, 0) is 4.79 Å². The van der Waals surface area contributed by atoms with Gasteiger partial charge in [-0.3, -0.25) is 9.59 Å². The van der Waals surface area contributed by atoms with Crippen LogP contribution in [-0.4, -0.2) is 29.8 Å². The zero-order valence-electron chi connectivity index (χ0n) is 12.5. The molecule has 0 radical (unpaired) electrons. The number of nitrogens with zero attached hydrogens (tertiary/aromatic N) is 1. The van der Waals surface area contributed by atoms with E-state index in [2.05, 4.69) is 5.32 Å². The van der Waals surface area contributed by atoms with Gasteiger partial charge in [-0.2, -0.15) is 0 Å². The highest BCUT2D eigenvalue weighted by atomic mass is 32.1. The van der Waals surface area contributed by atoms with E-state index < -0.39 is 0 Å². The lowest BCUT2D eigenvalue weighted by Gasteiger charge is -2.25. The first-order valence-corrected chi connectivity index (χ1v) is 8.40. The Balaban J connectivity index is 1.62. The van der Waals surface area contributed by atoms with Crippen molar-refractivity contribution in [2.75, 3.05) is 13.1 Å². The third kappa shape index (κ3) is 3.59. The molecule has 2 amide bonds. The maximum atomic E-state index is 13.0. The monoisotopic (exact) mass is 332 g/mol. The molecule has 1 aromatic carbocycles. The Morgan fingerprint density at radius 3 is 2.74 bits per heavy atom. The molecule has 3 rings (SSSR count). The number of halogens is 1. The molecular formula is C17H17FN2O2S. The standard InChI is InChI=1S/C17H17FN2O2S/c18-13-7-5-12(6-8-13)14-3-1-9-20(14)16(21)11-19-17(22)15-4-2-10-23-15/h2,4-8,10,14H,1,3,9,11H2,(H,19,22). The van der Waals surface area contributed by atoms with Crippen LogP contribution in [0.5, 0.6) is 0 Å². The molecule has 1 N–H and O–H groups in total. The zero-order valence-corrected chi connectivity index (χ0v) is 13.3. The van der Waals surface area contributed by atoms with Gasteiger partial charge in [0.25, 0.3) is 5.91 Å². The second kappa shape index (κ2) is 6.91. The van der Waals surface area contributed by atoms with E-state index >= 15 is 0 Å². The van der Waals surface area contributed by atoms with E-state index in [9.17, 15) is 14.0 Å². The van der Waals surface area contributed by atoms with E-state index in [1.165, 1.54) is 23.5 Å². The quantitative estimate of drug-likeness (QED) is 0.936. The van der Waals surface area contributed by atoms with Crippen LogP contribution in [0.25, 0.3) is 0 Å². The lowest BCUT2D eigenvalue weighted by molar-refractivity contribution is -0.131. The van der Waals surface area contributed by atoms with Gasteiger partial charge in [0.05, 0.1) is 17.5 Å². The van der Waals surface area contributed by atoms with E-state index in [1.807, 2.05) is 5.38 Å². The number of thiophene rings is 1. The van der Waals surface area contributed by atoms with Crippen LogP contribution < -0.4 is 5.32 Å². The molecule has 1 saturated heterocycles. The molecule has 2 heterocycles. The summed E-state index contributed by atoms with van der Waals surface area (Å²) in [7, 11) is 0. The number of likely N-dealkylation sites (tertiary alicyclic amines) is 1. The topological polar surface area (TPSA) is 49.4 Å². The third-order valence-corrected chi connectivity index (χ3v) is 4.84. The van der Waals surface area contributed by atoms with E-state index in [1.54, 1.807) is 29.2 Å². The summed E-state index contributed by atoms with van der Waals surface area (Å²) < 4.78 is 13.0. The zero-order chi connectivity index (χ0) is 16.2. The van der Waals surface area contributed by atoms with Gasteiger partial charge in [0.15, 0.2) is 0 Å². The number of hydrogen-bond donors (Lipinski definition) is 1. The summed E-state index contributed by atoms with van der Waals surface area (Å²) in [4.78, 5) is 26.7. The van der Waals surface area contributed by atoms with Crippen molar-refractivity contribution in [3.05, 3.63) is 58.0 Å². The molecule has 1 unspecified atom stereocenters. The molecule has 0 saturated carbocycles. The van der Waals surface area contributed by atoms with Crippen LogP contribution in [0.3, 0.4) is 0 Å². The largest absolute Gasteiger partial charge is 0.342 e. The van der Waals surface area contributed by atoms with Crippen molar-refractivity contribution in [3.63, 3.8) is 0 Å². The van der Waals surface area contributed by atoms with Gasteiger partial charge in [0.1, 0.15) is 5.82 Å². The number of hydrogen-bond acceptors (Lipinski definition) is 3. The fourth-order valence-corrected chi connectivity index (χ4v) is 3.49. The molecule has 0 bridgehead atoms. The maximum absolute atomic E-state index is 13.0. The Bertz CT molecular complexity index is 685. The molecule has 0 spiro atoms. The summed E-state index contributed by atoms with van der Waals surface area (Å²) in [5, 5.41) is 4.48. The molecule has 0 aliphatic carbocycles. The first-order chi connectivity index (χ1) is 11.1. The van der Waals surface area contributed by atoms with Crippen LogP contribution in [0.2, 0.25) is 0 Å². The first-order valence-electron chi connectivity index (χ1n) is 7.52. The van der Waals surface area contributed by atoms with Crippen LogP contribution in [0.1, 0.15) is 34.1 Å². The van der Waals surface area contributed by atoms with Gasteiger partial charge in [-0.05, 0) is 42.0 Å². The van der Waals surface area contributed by atoms with Crippen LogP contribution in [0.4, 0.5) is 4.39 Å². The molecule has 120 valence electrons. The molecule has 2 aromatic rings. The van der Waals surface area contributed by atoms with Crippen LogP contribution >= 0.6 is 11.3 Å². The Kier molecular flexibility index (Phi) is 4.71. The second-order valence-corrected chi connectivity index (χ2v) is 6.40. The van der Waals surface area contributed by atoms with Crippen molar-refractivity contribution in [2.24, 2.45) is 0 Å². The number of nitrogens with one attached hydrogen (secondary N) is 1. The van der Waals surface area contributed by atoms with Gasteiger partial charge in [-0.1, -0.05) is 18.2 Å². The molecular weight excluding hydrogens is 315 g/mol. The summed E-state index contributed by atoms with van der Waals surface area (Å²) in [6.07, 6.45) is 1.77. The van der Waals surface area contributed by atoms with E-state index in [0.29, 0.717) is 11.4 Å². The molecule has 4 nitrogen and oxygen atoms in total. The SMILES string of the molecule is O=C(NCC(=O)N1CCCC1c1ccc(F)cc1)c1cccs1. The van der Waals surface area contributed by atoms with Crippen molar-refractivity contribution < 1.29 is 14.0 Å². The highest BCUT2D eigenvalue weighted by Gasteiger charge is 2.29. The minimum atomic E-state index is -0.284. The summed E-state index contributed by atoms with van der Waals surface area (Å²) >= 11 is 1.34. The first kappa shape index (κ1) is 15.7. The highest BCUT2D eigenvalue weighted by molar-refractivity contribution is 7.12. The number of amides is 2. The van der Waals surface area contributed by atoms with Gasteiger partial charge >= 0.3 is 0 Å². The second-order valence-electron chi connectivity index (χ2n) is 5.46. The average Bonchev–Trinajstić information content (AvgIpc) is 3.24. The van der Waals surface area contributed by atoms with Gasteiger partial charge < -0.3 is 10.2 Å². The molecule has 1 atom stereocenters. The smallest absolute Gasteiger partial charge is 0.261 e. The van der Waals surface area contributed by atoms with Crippen molar-refractivity contribution >= 4 is 23.2 Å². The molecule has 23 heavy (non-hydrogen) atoms. The Morgan fingerprint density at radius 2 is 2.04 bits per heavy atom. The fraction of sp³-hybridized carbons (Fsp3) is 0.294. The maximum Gasteiger partial charge on any atom is 0.261 e. The number of carbonyl (C=O) groups excluding carboxylic acids is 2. The lowest BCUT2D eigenvalue weighted by atomic mass is 10.0. The molecule has 1 aromatic heterocycles. The minimum absolute atomic E-state index is 0.0194. The van der Waals surface area contributed by atoms with Crippen LogP contribution in [0, 0.1) is 5.82 Å². The van der Waals surface area contributed by atoms with Gasteiger partial charge in [-0.25, -0.2) is 4.39 Å². The molecule has 1 aliphatic heterocycles. The van der Waals surface area contributed by atoms with Gasteiger partial charge in [0, 0.05) is 6.54 Å². The Labute approximate surface area is 137 Å². The predicted molar refractivity (Wildman–Crippen MR) is 86.7 cm³/mol. The molecule has 1 fully saturated rings. The van der Waals surface area contributed by atoms with Crippen molar-refractivity contribution in [3.8, 4) is 0 Å². The number of carbonyl (C=O) groups is 2. The van der Waals surface area contributed by atoms with E-state index in [4.69, 9.17) is 0 Å². The lowest BCUT2D eigenvalue weighted by Crippen LogP contribution is -2.39. The van der Waals surface area contributed by atoms with Crippen LogP contribution in [0.15, 0.2) is 41.8 Å². The van der Waals surface area contributed by atoms with E-state index in [-0.39, 0.29) is 30.2 Å². The Morgan fingerprint density at radius 1 is 1.26 bits per heavy atom. The molecule has 1 aliphatic rings. The summed E-state index contributed by atoms with van der Waals surface area (Å²) in [5.41, 5.74) is 0.932. The highest BCUT2D eigenvalue weighted by Crippen LogP contribution is 2.31. The van der Waals surface area contributed by atoms with Crippen molar-refractivity contribution in [1.29, 1.82) is 0 Å². The minimum Gasteiger partial charge on any atom is -0.342 e. The average molecular weight is 332 g/mol.